The average Bonchev–Trinajstić information content (AvgIpc) is 2.63. The Morgan fingerprint density at radius 3 is 2.44 bits per heavy atom. The number of rotatable bonds is 2. The highest BCUT2D eigenvalue weighted by Gasteiger charge is 2.27. The summed E-state index contributed by atoms with van der Waals surface area (Å²) in [6.07, 6.45) is 8.06. The Balaban J connectivity index is 1.71. The van der Waals surface area contributed by atoms with Crippen molar-refractivity contribution in [3.05, 3.63) is 29.3 Å². The second-order valence-electron chi connectivity index (χ2n) is 5.65. The molecule has 18 heavy (non-hydrogen) atoms. The van der Waals surface area contributed by atoms with Crippen molar-refractivity contribution in [2.75, 3.05) is 20.2 Å². The fraction of sp³-hybridized carbons (Fsp3) is 0.625. The summed E-state index contributed by atoms with van der Waals surface area (Å²) in [6.45, 7) is 2.60. The maximum Gasteiger partial charge on any atom is 0.119 e. The molecule has 3 rings (SSSR count). The first-order valence-corrected chi connectivity index (χ1v) is 7.26. The molecule has 0 saturated carbocycles. The predicted molar refractivity (Wildman–Crippen MR) is 74.2 cm³/mol. The second kappa shape index (κ2) is 5.31. The van der Waals surface area contributed by atoms with Crippen molar-refractivity contribution >= 4 is 0 Å². The molecule has 0 radical (unpaired) electrons. The third-order valence-electron chi connectivity index (χ3n) is 4.48. The standard InChI is InChI=1S/C16H23NO/c1-18-16-7-6-13-10-15(11-14(13)12-16)17-8-4-2-3-5-9-17/h6-7,12,15H,2-5,8-11H2,1H3/t15-/m1/s1. The van der Waals surface area contributed by atoms with E-state index in [0.717, 1.165) is 11.8 Å². The first-order chi connectivity index (χ1) is 8.86. The molecule has 0 spiro atoms. The van der Waals surface area contributed by atoms with Gasteiger partial charge in [0.25, 0.3) is 0 Å². The van der Waals surface area contributed by atoms with Gasteiger partial charge in [0.15, 0.2) is 0 Å². The van der Waals surface area contributed by atoms with Crippen molar-refractivity contribution in [2.45, 2.75) is 44.6 Å². The van der Waals surface area contributed by atoms with Crippen LogP contribution in [0.2, 0.25) is 0 Å². The normalized spacial score (nSPS) is 24.6. The van der Waals surface area contributed by atoms with Crippen LogP contribution in [-0.4, -0.2) is 31.1 Å². The summed E-state index contributed by atoms with van der Waals surface area (Å²) in [5.74, 6) is 1.00. The summed E-state index contributed by atoms with van der Waals surface area (Å²) in [6, 6.07) is 7.33. The fourth-order valence-corrected chi connectivity index (χ4v) is 3.42. The lowest BCUT2D eigenvalue weighted by Gasteiger charge is -2.26. The first kappa shape index (κ1) is 12.0. The van der Waals surface area contributed by atoms with E-state index in [-0.39, 0.29) is 0 Å². The topological polar surface area (TPSA) is 12.5 Å². The van der Waals surface area contributed by atoms with Crippen LogP contribution in [0.3, 0.4) is 0 Å². The molecule has 2 aliphatic rings. The Morgan fingerprint density at radius 2 is 1.72 bits per heavy atom. The van der Waals surface area contributed by atoms with Gasteiger partial charge in [-0.1, -0.05) is 18.9 Å². The average molecular weight is 245 g/mol. The number of methoxy groups -OCH3 is 1. The molecular formula is C16H23NO. The molecular weight excluding hydrogens is 222 g/mol. The Kier molecular flexibility index (Phi) is 3.55. The summed E-state index contributed by atoms with van der Waals surface area (Å²) in [5, 5.41) is 0. The molecule has 0 bridgehead atoms. The van der Waals surface area contributed by atoms with E-state index in [1.165, 1.54) is 62.7 Å². The Labute approximate surface area is 110 Å². The maximum atomic E-state index is 5.33. The molecule has 1 atom stereocenters. The minimum atomic E-state index is 0.741. The summed E-state index contributed by atoms with van der Waals surface area (Å²) in [7, 11) is 1.75. The molecule has 1 aliphatic heterocycles. The Morgan fingerprint density at radius 1 is 1.00 bits per heavy atom. The lowest BCUT2D eigenvalue weighted by atomic mass is 10.1. The van der Waals surface area contributed by atoms with Gasteiger partial charge in [0, 0.05) is 6.04 Å². The molecule has 1 aromatic carbocycles. The molecule has 1 heterocycles. The predicted octanol–water partition coefficient (Wildman–Crippen LogP) is 3.04. The van der Waals surface area contributed by atoms with Crippen LogP contribution in [0.4, 0.5) is 0 Å². The maximum absolute atomic E-state index is 5.33. The quantitative estimate of drug-likeness (QED) is 0.794. The Bertz CT molecular complexity index is 408. The first-order valence-electron chi connectivity index (χ1n) is 7.26. The molecule has 0 aromatic heterocycles. The monoisotopic (exact) mass is 245 g/mol. The van der Waals surface area contributed by atoms with E-state index in [2.05, 4.69) is 23.1 Å². The highest BCUT2D eigenvalue weighted by atomic mass is 16.5. The SMILES string of the molecule is COc1ccc2c(c1)C[C@H](N1CCCCCC1)C2. The molecule has 2 nitrogen and oxygen atoms in total. The van der Waals surface area contributed by atoms with Crippen LogP contribution in [0.5, 0.6) is 5.75 Å². The van der Waals surface area contributed by atoms with Gasteiger partial charge in [-0.25, -0.2) is 0 Å². The zero-order valence-corrected chi connectivity index (χ0v) is 11.3. The van der Waals surface area contributed by atoms with E-state index in [0.29, 0.717) is 0 Å². The summed E-state index contributed by atoms with van der Waals surface area (Å²) < 4.78 is 5.33. The number of likely N-dealkylation sites (tertiary alicyclic amines) is 1. The number of hydrogen-bond donors (Lipinski definition) is 0. The van der Waals surface area contributed by atoms with Gasteiger partial charge in [0.2, 0.25) is 0 Å². The highest BCUT2D eigenvalue weighted by Crippen LogP contribution is 2.29. The van der Waals surface area contributed by atoms with Crippen LogP contribution in [0.15, 0.2) is 18.2 Å². The van der Waals surface area contributed by atoms with Gasteiger partial charge in [0.05, 0.1) is 7.11 Å². The van der Waals surface area contributed by atoms with Crippen LogP contribution in [-0.2, 0) is 12.8 Å². The minimum Gasteiger partial charge on any atom is -0.497 e. The fourth-order valence-electron chi connectivity index (χ4n) is 3.42. The molecule has 2 heteroatoms. The molecule has 98 valence electrons. The number of nitrogens with zero attached hydrogens (tertiary/aromatic N) is 1. The molecule has 1 saturated heterocycles. The lowest BCUT2D eigenvalue weighted by Crippen LogP contribution is -2.36. The molecule has 1 aliphatic carbocycles. The largest absolute Gasteiger partial charge is 0.497 e. The van der Waals surface area contributed by atoms with Crippen LogP contribution in [0.1, 0.15) is 36.8 Å². The van der Waals surface area contributed by atoms with Crippen molar-refractivity contribution in [1.29, 1.82) is 0 Å². The van der Waals surface area contributed by atoms with E-state index in [9.17, 15) is 0 Å². The second-order valence-corrected chi connectivity index (χ2v) is 5.65. The summed E-state index contributed by atoms with van der Waals surface area (Å²) in [4.78, 5) is 2.72. The van der Waals surface area contributed by atoms with Crippen molar-refractivity contribution in [3.8, 4) is 5.75 Å². The number of hydrogen-bond acceptors (Lipinski definition) is 2. The van der Waals surface area contributed by atoms with Gasteiger partial charge < -0.3 is 4.74 Å². The molecule has 0 amide bonds. The molecule has 0 N–H and O–H groups in total. The van der Waals surface area contributed by atoms with Crippen molar-refractivity contribution in [3.63, 3.8) is 0 Å². The number of fused-ring (bicyclic) bond motifs is 1. The molecule has 0 unspecified atom stereocenters. The minimum absolute atomic E-state index is 0.741. The molecule has 1 aromatic rings. The van der Waals surface area contributed by atoms with Gasteiger partial charge in [-0.3, -0.25) is 4.90 Å². The lowest BCUT2D eigenvalue weighted by molar-refractivity contribution is 0.209. The van der Waals surface area contributed by atoms with Crippen molar-refractivity contribution < 1.29 is 4.74 Å². The van der Waals surface area contributed by atoms with E-state index in [4.69, 9.17) is 4.74 Å². The zero-order chi connectivity index (χ0) is 12.4. The van der Waals surface area contributed by atoms with E-state index in [1.807, 2.05) is 0 Å². The summed E-state index contributed by atoms with van der Waals surface area (Å²) >= 11 is 0. The van der Waals surface area contributed by atoms with Crippen LogP contribution in [0, 0.1) is 0 Å². The van der Waals surface area contributed by atoms with Crippen LogP contribution in [0.25, 0.3) is 0 Å². The van der Waals surface area contributed by atoms with E-state index >= 15 is 0 Å². The van der Waals surface area contributed by atoms with Gasteiger partial charge in [-0.05, 0) is 62.0 Å². The van der Waals surface area contributed by atoms with Crippen LogP contribution >= 0.6 is 0 Å². The smallest absolute Gasteiger partial charge is 0.119 e. The number of benzene rings is 1. The van der Waals surface area contributed by atoms with E-state index in [1.54, 1.807) is 7.11 Å². The molecule has 1 fully saturated rings. The van der Waals surface area contributed by atoms with Gasteiger partial charge in [-0.2, -0.15) is 0 Å². The van der Waals surface area contributed by atoms with Gasteiger partial charge in [-0.15, -0.1) is 0 Å². The van der Waals surface area contributed by atoms with Gasteiger partial charge >= 0.3 is 0 Å². The van der Waals surface area contributed by atoms with Gasteiger partial charge in [0.1, 0.15) is 5.75 Å². The highest BCUT2D eigenvalue weighted by molar-refractivity contribution is 5.40. The third-order valence-corrected chi connectivity index (χ3v) is 4.48. The van der Waals surface area contributed by atoms with Crippen LogP contribution < -0.4 is 4.74 Å². The van der Waals surface area contributed by atoms with Crippen molar-refractivity contribution in [1.82, 2.24) is 4.90 Å². The summed E-state index contributed by atoms with van der Waals surface area (Å²) in [5.41, 5.74) is 3.04. The number of ether oxygens (including phenoxy) is 1. The van der Waals surface area contributed by atoms with Crippen molar-refractivity contribution in [2.24, 2.45) is 0 Å². The van der Waals surface area contributed by atoms with E-state index < -0.39 is 0 Å². The third kappa shape index (κ3) is 2.39. The Hall–Kier alpha value is -1.02. The zero-order valence-electron chi connectivity index (χ0n) is 11.3.